The van der Waals surface area contributed by atoms with Crippen LogP contribution in [0.3, 0.4) is 0 Å². The number of carbonyl (C=O) groups excluding carboxylic acids is 1. The topological polar surface area (TPSA) is 72.8 Å². The van der Waals surface area contributed by atoms with Crippen LogP contribution < -0.4 is 10.1 Å². The normalized spacial score (nSPS) is 16.4. The van der Waals surface area contributed by atoms with Crippen molar-refractivity contribution >= 4 is 11.6 Å². The predicted octanol–water partition coefficient (Wildman–Crippen LogP) is 1.90. The van der Waals surface area contributed by atoms with Gasteiger partial charge in [-0.25, -0.2) is 0 Å². The number of nitrogens with one attached hydrogen (secondary N) is 1. The van der Waals surface area contributed by atoms with Crippen molar-refractivity contribution in [3.8, 4) is 5.75 Å². The summed E-state index contributed by atoms with van der Waals surface area (Å²) in [6, 6.07) is 13.1. The van der Waals surface area contributed by atoms with Gasteiger partial charge in [-0.3, -0.25) is 9.78 Å². The standard InChI is InChI=1S/C17H17N3O3/c1-22-14-7-5-12(6-8-14)15-10-16(23-20-15)17(21)19-11-13-4-2-3-9-18-13/h2-9,16H,10-11H2,1H3,(H,19,21)/t16-/m1/s1. The minimum atomic E-state index is -0.601. The van der Waals surface area contributed by atoms with E-state index in [-0.39, 0.29) is 5.91 Å². The van der Waals surface area contributed by atoms with Crippen LogP contribution in [0.1, 0.15) is 17.7 Å². The average Bonchev–Trinajstić information content (AvgIpc) is 3.11. The molecule has 1 aromatic carbocycles. The van der Waals surface area contributed by atoms with Crippen LogP contribution in [-0.2, 0) is 16.2 Å². The number of hydrogen-bond donors (Lipinski definition) is 1. The fourth-order valence-electron chi connectivity index (χ4n) is 2.27. The summed E-state index contributed by atoms with van der Waals surface area (Å²) < 4.78 is 5.12. The van der Waals surface area contributed by atoms with E-state index in [1.165, 1.54) is 0 Å². The molecule has 1 aliphatic heterocycles. The molecule has 0 radical (unpaired) electrons. The second kappa shape index (κ2) is 6.91. The van der Waals surface area contributed by atoms with E-state index in [2.05, 4.69) is 15.5 Å². The molecule has 2 heterocycles. The molecule has 0 bridgehead atoms. The van der Waals surface area contributed by atoms with E-state index in [0.29, 0.717) is 13.0 Å². The Morgan fingerprint density at radius 2 is 2.13 bits per heavy atom. The van der Waals surface area contributed by atoms with Crippen molar-refractivity contribution in [1.29, 1.82) is 0 Å². The summed E-state index contributed by atoms with van der Waals surface area (Å²) in [7, 11) is 1.62. The molecule has 6 heteroatoms. The summed E-state index contributed by atoms with van der Waals surface area (Å²) in [5.74, 6) is 0.584. The molecule has 0 fully saturated rings. The van der Waals surface area contributed by atoms with Gasteiger partial charge in [0.2, 0.25) is 6.10 Å². The van der Waals surface area contributed by atoms with Crippen LogP contribution in [0.25, 0.3) is 0 Å². The Labute approximate surface area is 134 Å². The Morgan fingerprint density at radius 3 is 2.83 bits per heavy atom. The summed E-state index contributed by atoms with van der Waals surface area (Å²) >= 11 is 0. The third-order valence-corrected chi connectivity index (χ3v) is 3.55. The number of methoxy groups -OCH3 is 1. The molecule has 3 rings (SSSR count). The highest BCUT2D eigenvalue weighted by Gasteiger charge is 2.28. The molecule has 0 aliphatic carbocycles. The Balaban J connectivity index is 1.54. The summed E-state index contributed by atoms with van der Waals surface area (Å²) in [6.07, 6.45) is 1.54. The highest BCUT2D eigenvalue weighted by Crippen LogP contribution is 2.19. The molecular formula is C17H17N3O3. The van der Waals surface area contributed by atoms with Gasteiger partial charge in [0.25, 0.3) is 5.91 Å². The second-order valence-electron chi connectivity index (χ2n) is 5.10. The lowest BCUT2D eigenvalue weighted by Gasteiger charge is -2.09. The van der Waals surface area contributed by atoms with Crippen LogP contribution in [0.15, 0.2) is 53.8 Å². The zero-order chi connectivity index (χ0) is 16.1. The monoisotopic (exact) mass is 311 g/mol. The Bertz CT molecular complexity index is 699. The lowest BCUT2D eigenvalue weighted by Crippen LogP contribution is -2.34. The average molecular weight is 311 g/mol. The van der Waals surface area contributed by atoms with E-state index >= 15 is 0 Å². The Morgan fingerprint density at radius 1 is 1.30 bits per heavy atom. The number of pyridine rings is 1. The van der Waals surface area contributed by atoms with E-state index in [9.17, 15) is 4.79 Å². The fourth-order valence-corrected chi connectivity index (χ4v) is 2.27. The molecular weight excluding hydrogens is 294 g/mol. The van der Waals surface area contributed by atoms with Crippen molar-refractivity contribution < 1.29 is 14.4 Å². The molecule has 118 valence electrons. The van der Waals surface area contributed by atoms with Crippen LogP contribution in [0.4, 0.5) is 0 Å². The van der Waals surface area contributed by atoms with Gasteiger partial charge in [0.15, 0.2) is 0 Å². The number of ether oxygens (including phenoxy) is 1. The molecule has 0 unspecified atom stereocenters. The Hall–Kier alpha value is -2.89. The summed E-state index contributed by atoms with van der Waals surface area (Å²) in [5, 5.41) is 6.83. The molecule has 0 saturated heterocycles. The quantitative estimate of drug-likeness (QED) is 0.915. The van der Waals surface area contributed by atoms with Gasteiger partial charge in [-0.2, -0.15) is 0 Å². The molecule has 1 atom stereocenters. The first-order chi connectivity index (χ1) is 11.3. The number of benzene rings is 1. The number of hydrogen-bond acceptors (Lipinski definition) is 5. The van der Waals surface area contributed by atoms with Crippen LogP contribution >= 0.6 is 0 Å². The van der Waals surface area contributed by atoms with Crippen molar-refractivity contribution in [2.45, 2.75) is 19.1 Å². The van der Waals surface area contributed by atoms with Crippen LogP contribution in [0.2, 0.25) is 0 Å². The smallest absolute Gasteiger partial charge is 0.264 e. The van der Waals surface area contributed by atoms with Gasteiger partial charge in [-0.15, -0.1) is 0 Å². The molecule has 6 nitrogen and oxygen atoms in total. The summed E-state index contributed by atoms with van der Waals surface area (Å²) in [5.41, 5.74) is 2.48. The van der Waals surface area contributed by atoms with Gasteiger partial charge in [-0.1, -0.05) is 11.2 Å². The lowest BCUT2D eigenvalue weighted by atomic mass is 10.0. The molecule has 23 heavy (non-hydrogen) atoms. The maximum absolute atomic E-state index is 12.1. The van der Waals surface area contributed by atoms with Crippen LogP contribution in [0, 0.1) is 0 Å². The minimum absolute atomic E-state index is 0.192. The van der Waals surface area contributed by atoms with Gasteiger partial charge < -0.3 is 14.9 Å². The first-order valence-corrected chi connectivity index (χ1v) is 7.31. The zero-order valence-corrected chi connectivity index (χ0v) is 12.7. The van der Waals surface area contributed by atoms with Gasteiger partial charge in [0, 0.05) is 12.6 Å². The minimum Gasteiger partial charge on any atom is -0.497 e. The first-order valence-electron chi connectivity index (χ1n) is 7.31. The maximum Gasteiger partial charge on any atom is 0.264 e. The summed E-state index contributed by atoms with van der Waals surface area (Å²) in [6.45, 7) is 0.372. The number of amides is 1. The highest BCUT2D eigenvalue weighted by molar-refractivity contribution is 6.04. The second-order valence-corrected chi connectivity index (χ2v) is 5.10. The van der Waals surface area contributed by atoms with Crippen molar-refractivity contribution in [3.63, 3.8) is 0 Å². The number of carbonyl (C=O) groups is 1. The molecule has 1 aliphatic rings. The van der Waals surface area contributed by atoms with Gasteiger partial charge >= 0.3 is 0 Å². The van der Waals surface area contributed by atoms with Crippen molar-refractivity contribution in [2.24, 2.45) is 5.16 Å². The first kappa shape index (κ1) is 15.0. The predicted molar refractivity (Wildman–Crippen MR) is 85.1 cm³/mol. The molecule has 1 amide bonds. The number of rotatable bonds is 5. The van der Waals surface area contributed by atoms with Crippen molar-refractivity contribution in [1.82, 2.24) is 10.3 Å². The van der Waals surface area contributed by atoms with E-state index in [1.807, 2.05) is 42.5 Å². The van der Waals surface area contributed by atoms with E-state index in [1.54, 1.807) is 13.3 Å². The molecule has 1 N–H and O–H groups in total. The summed E-state index contributed by atoms with van der Waals surface area (Å²) in [4.78, 5) is 21.5. The van der Waals surface area contributed by atoms with Crippen molar-refractivity contribution in [2.75, 3.05) is 7.11 Å². The molecule has 2 aromatic rings. The van der Waals surface area contributed by atoms with E-state index in [0.717, 1.165) is 22.7 Å². The maximum atomic E-state index is 12.1. The Kier molecular flexibility index (Phi) is 4.52. The fraction of sp³-hybridized carbons (Fsp3) is 0.235. The SMILES string of the molecule is COc1ccc(C2=NO[C@@H](C(=O)NCc3ccccn3)C2)cc1. The molecule has 0 spiro atoms. The third kappa shape index (κ3) is 3.66. The highest BCUT2D eigenvalue weighted by atomic mass is 16.6. The van der Waals surface area contributed by atoms with E-state index < -0.39 is 6.10 Å². The molecule has 0 saturated carbocycles. The lowest BCUT2D eigenvalue weighted by molar-refractivity contribution is -0.131. The number of aromatic nitrogens is 1. The largest absolute Gasteiger partial charge is 0.497 e. The van der Waals surface area contributed by atoms with E-state index in [4.69, 9.17) is 9.57 Å². The van der Waals surface area contributed by atoms with Gasteiger partial charge in [0.1, 0.15) is 5.75 Å². The number of nitrogens with zero attached hydrogens (tertiary/aromatic N) is 2. The van der Waals surface area contributed by atoms with Gasteiger partial charge in [-0.05, 0) is 42.0 Å². The van der Waals surface area contributed by atoms with Crippen LogP contribution in [-0.4, -0.2) is 29.8 Å². The number of oxime groups is 1. The third-order valence-electron chi connectivity index (χ3n) is 3.55. The van der Waals surface area contributed by atoms with Crippen LogP contribution in [0.5, 0.6) is 5.75 Å². The van der Waals surface area contributed by atoms with Gasteiger partial charge in [0.05, 0.1) is 25.1 Å². The zero-order valence-electron chi connectivity index (χ0n) is 12.7. The van der Waals surface area contributed by atoms with Crippen molar-refractivity contribution in [3.05, 3.63) is 59.9 Å². The molecule has 1 aromatic heterocycles.